The maximum absolute atomic E-state index is 12.4. The Morgan fingerprint density at radius 3 is 2.14 bits per heavy atom. The van der Waals surface area contributed by atoms with Crippen molar-refractivity contribution in [2.75, 3.05) is 6.61 Å². The molecule has 3 atom stereocenters. The van der Waals surface area contributed by atoms with Gasteiger partial charge in [0.25, 0.3) is 0 Å². The molecule has 3 unspecified atom stereocenters. The van der Waals surface area contributed by atoms with Gasteiger partial charge in [-0.05, 0) is 19.8 Å². The second kappa shape index (κ2) is 6.72. The average Bonchev–Trinajstić information content (AvgIpc) is 2.65. The van der Waals surface area contributed by atoms with Crippen LogP contribution in [0, 0.1) is 5.92 Å². The molecular weight excluding hydrogens is 374 g/mol. The highest BCUT2D eigenvalue weighted by atomic mass is 79.9. The molecule has 0 heterocycles. The van der Waals surface area contributed by atoms with E-state index >= 15 is 0 Å². The van der Waals surface area contributed by atoms with E-state index in [9.17, 15) is 31.1 Å². The van der Waals surface area contributed by atoms with Crippen molar-refractivity contribution in [3.63, 3.8) is 0 Å². The van der Waals surface area contributed by atoms with Crippen LogP contribution in [0.25, 0.3) is 0 Å². The predicted octanol–water partition coefficient (Wildman–Crippen LogP) is 3.60. The quantitative estimate of drug-likeness (QED) is 0.420. The first-order valence-electron chi connectivity index (χ1n) is 6.06. The van der Waals surface area contributed by atoms with Gasteiger partial charge >= 0.3 is 18.3 Å². The summed E-state index contributed by atoms with van der Waals surface area (Å²) in [4.78, 5) is 10.7. The lowest BCUT2D eigenvalue weighted by atomic mass is 10.1. The van der Waals surface area contributed by atoms with Crippen LogP contribution in [0.5, 0.6) is 0 Å². The fourth-order valence-corrected chi connectivity index (χ4v) is 2.85. The van der Waals surface area contributed by atoms with Gasteiger partial charge in [-0.1, -0.05) is 15.9 Å². The molecule has 0 bridgehead atoms. The summed E-state index contributed by atoms with van der Waals surface area (Å²) in [6.45, 7) is 1.64. The smallest absolute Gasteiger partial charge is 0.423 e. The maximum Gasteiger partial charge on any atom is 0.423 e. The minimum Gasteiger partial charge on any atom is -0.466 e. The third-order valence-corrected chi connectivity index (χ3v) is 3.92. The van der Waals surface area contributed by atoms with Crippen molar-refractivity contribution in [2.45, 2.75) is 49.2 Å². The van der Waals surface area contributed by atoms with Crippen LogP contribution in [0.2, 0.25) is 0 Å². The van der Waals surface area contributed by atoms with Crippen LogP contribution in [-0.4, -0.2) is 42.0 Å². The SMILES string of the molecule is CCOC(=O)C1CC(Br)C(OC(C(F)(F)F)C(F)(F)F)C1. The number of carbonyl (C=O) groups excluding carboxylic acids is 1. The molecule has 0 saturated heterocycles. The third-order valence-electron chi connectivity index (χ3n) is 2.96. The summed E-state index contributed by atoms with van der Waals surface area (Å²) in [7, 11) is 0. The van der Waals surface area contributed by atoms with E-state index in [4.69, 9.17) is 4.74 Å². The molecule has 0 aromatic carbocycles. The third kappa shape index (κ3) is 5.01. The van der Waals surface area contributed by atoms with Crippen LogP contribution in [0.4, 0.5) is 26.3 Å². The molecular formula is C11H13BrF6O3. The number of alkyl halides is 7. The van der Waals surface area contributed by atoms with E-state index in [-0.39, 0.29) is 19.4 Å². The van der Waals surface area contributed by atoms with Gasteiger partial charge in [-0.15, -0.1) is 0 Å². The van der Waals surface area contributed by atoms with Gasteiger partial charge in [0.15, 0.2) is 0 Å². The lowest BCUT2D eigenvalue weighted by Gasteiger charge is -2.27. The minimum absolute atomic E-state index is 0.0614. The van der Waals surface area contributed by atoms with E-state index in [1.54, 1.807) is 6.92 Å². The Labute approximate surface area is 125 Å². The number of rotatable bonds is 4. The van der Waals surface area contributed by atoms with E-state index in [2.05, 4.69) is 20.7 Å². The van der Waals surface area contributed by atoms with E-state index < -0.39 is 41.3 Å². The van der Waals surface area contributed by atoms with Gasteiger partial charge in [0.2, 0.25) is 6.10 Å². The number of hydrogen-bond acceptors (Lipinski definition) is 3. The van der Waals surface area contributed by atoms with Gasteiger partial charge < -0.3 is 9.47 Å². The second-order valence-electron chi connectivity index (χ2n) is 4.57. The minimum atomic E-state index is -5.56. The Kier molecular flexibility index (Phi) is 5.93. The molecule has 0 N–H and O–H groups in total. The number of ether oxygens (including phenoxy) is 2. The highest BCUT2D eigenvalue weighted by Gasteiger charge is 2.59. The van der Waals surface area contributed by atoms with Gasteiger partial charge in [0.05, 0.1) is 18.6 Å². The normalized spacial score (nSPS) is 27.2. The summed E-state index contributed by atoms with van der Waals surface area (Å²) in [6.07, 6.45) is -16.5. The van der Waals surface area contributed by atoms with Gasteiger partial charge in [0, 0.05) is 4.83 Å². The van der Waals surface area contributed by atoms with Crippen LogP contribution >= 0.6 is 15.9 Å². The summed E-state index contributed by atoms with van der Waals surface area (Å²) in [5.41, 5.74) is 0. The van der Waals surface area contributed by atoms with Crippen molar-refractivity contribution in [3.05, 3.63) is 0 Å². The number of carbonyl (C=O) groups is 1. The molecule has 0 spiro atoms. The Balaban J connectivity index is 2.75. The molecule has 21 heavy (non-hydrogen) atoms. The molecule has 1 saturated carbocycles. The van der Waals surface area contributed by atoms with Crippen molar-refractivity contribution in [1.29, 1.82) is 0 Å². The van der Waals surface area contributed by atoms with Crippen LogP contribution in [-0.2, 0) is 14.3 Å². The fraction of sp³-hybridized carbons (Fsp3) is 0.909. The van der Waals surface area contributed by atoms with Gasteiger partial charge in [-0.3, -0.25) is 4.79 Å². The zero-order valence-electron chi connectivity index (χ0n) is 10.8. The van der Waals surface area contributed by atoms with Crippen molar-refractivity contribution < 1.29 is 40.6 Å². The first kappa shape index (κ1) is 18.5. The van der Waals surface area contributed by atoms with Crippen LogP contribution in [0.15, 0.2) is 0 Å². The Hall–Kier alpha value is -0.510. The standard InChI is InChI=1S/C11H13BrF6O3/c1-2-20-8(19)5-3-6(12)7(4-5)21-9(10(13,14)15)11(16,17)18/h5-7,9H,2-4H2,1H3. The predicted molar refractivity (Wildman–Crippen MR) is 62.8 cm³/mol. The van der Waals surface area contributed by atoms with Gasteiger partial charge in [-0.25, -0.2) is 0 Å². The first-order chi connectivity index (χ1) is 9.46. The Bertz CT molecular complexity index is 356. The molecule has 0 radical (unpaired) electrons. The highest BCUT2D eigenvalue weighted by Crippen LogP contribution is 2.41. The van der Waals surface area contributed by atoms with Crippen molar-refractivity contribution in [2.24, 2.45) is 5.92 Å². The van der Waals surface area contributed by atoms with Crippen LogP contribution in [0.1, 0.15) is 19.8 Å². The molecule has 1 fully saturated rings. The number of halogens is 7. The first-order valence-corrected chi connectivity index (χ1v) is 6.98. The van der Waals surface area contributed by atoms with E-state index in [1.165, 1.54) is 0 Å². The molecule has 0 amide bonds. The number of hydrogen-bond donors (Lipinski definition) is 0. The van der Waals surface area contributed by atoms with E-state index in [0.717, 1.165) is 0 Å². The summed E-state index contributed by atoms with van der Waals surface area (Å²) < 4.78 is 83.4. The van der Waals surface area contributed by atoms with Crippen molar-refractivity contribution in [1.82, 2.24) is 0 Å². The zero-order valence-corrected chi connectivity index (χ0v) is 12.4. The summed E-state index contributed by atoms with van der Waals surface area (Å²) in [5, 5.41) is 0. The molecule has 10 heteroatoms. The summed E-state index contributed by atoms with van der Waals surface area (Å²) >= 11 is 2.96. The number of esters is 1. The van der Waals surface area contributed by atoms with Crippen LogP contribution < -0.4 is 0 Å². The largest absolute Gasteiger partial charge is 0.466 e. The maximum atomic E-state index is 12.4. The van der Waals surface area contributed by atoms with E-state index in [1.807, 2.05) is 0 Å². The lowest BCUT2D eigenvalue weighted by molar-refractivity contribution is -0.330. The Morgan fingerprint density at radius 1 is 1.19 bits per heavy atom. The molecule has 0 aromatic rings. The second-order valence-corrected chi connectivity index (χ2v) is 5.75. The molecule has 1 aliphatic carbocycles. The van der Waals surface area contributed by atoms with Crippen molar-refractivity contribution >= 4 is 21.9 Å². The fourth-order valence-electron chi connectivity index (χ4n) is 2.06. The van der Waals surface area contributed by atoms with Crippen LogP contribution in [0.3, 0.4) is 0 Å². The molecule has 0 aliphatic heterocycles. The highest BCUT2D eigenvalue weighted by molar-refractivity contribution is 9.09. The monoisotopic (exact) mass is 386 g/mol. The molecule has 1 rings (SSSR count). The summed E-state index contributed by atoms with van der Waals surface area (Å²) in [5.74, 6) is -1.43. The zero-order chi connectivity index (χ0) is 16.4. The van der Waals surface area contributed by atoms with E-state index in [0.29, 0.717) is 0 Å². The molecule has 124 valence electrons. The average molecular weight is 387 g/mol. The van der Waals surface area contributed by atoms with Gasteiger partial charge in [0.1, 0.15) is 0 Å². The lowest BCUT2D eigenvalue weighted by Crippen LogP contribution is -2.47. The van der Waals surface area contributed by atoms with Gasteiger partial charge in [-0.2, -0.15) is 26.3 Å². The summed E-state index contributed by atoms with van der Waals surface area (Å²) in [6, 6.07) is 0. The van der Waals surface area contributed by atoms with Crippen molar-refractivity contribution in [3.8, 4) is 0 Å². The molecule has 1 aliphatic rings. The Morgan fingerprint density at radius 2 is 1.71 bits per heavy atom. The molecule has 0 aromatic heterocycles. The topological polar surface area (TPSA) is 35.5 Å². The molecule has 3 nitrogen and oxygen atoms in total.